The molecule has 0 radical (unpaired) electrons. The zero-order valence-electron chi connectivity index (χ0n) is 12.4. The van der Waals surface area contributed by atoms with E-state index in [1.165, 1.54) is 11.1 Å². The molecule has 0 saturated heterocycles. The van der Waals surface area contributed by atoms with E-state index >= 15 is 0 Å². The molecule has 102 valence electrons. The van der Waals surface area contributed by atoms with Crippen LogP contribution in [0.3, 0.4) is 0 Å². The third kappa shape index (κ3) is 3.03. The number of hydrogen-bond acceptors (Lipinski definition) is 3. The predicted octanol–water partition coefficient (Wildman–Crippen LogP) is 2.59. The molecule has 0 bridgehead atoms. The van der Waals surface area contributed by atoms with Crippen LogP contribution in [0.5, 0.6) is 5.75 Å². The highest BCUT2D eigenvalue weighted by Crippen LogP contribution is 2.40. The van der Waals surface area contributed by atoms with Crippen LogP contribution in [-0.2, 0) is 0 Å². The standard InChI is InChI=1S/C15H26N2O/c1-11-7-8-13(18-6)12(9-11)14(17(4)5)15(2,3)10-16/h7-9,14H,10,16H2,1-6H3. The Morgan fingerprint density at radius 2 is 1.94 bits per heavy atom. The molecule has 0 aliphatic carbocycles. The van der Waals surface area contributed by atoms with Gasteiger partial charge in [-0.25, -0.2) is 0 Å². The number of methoxy groups -OCH3 is 1. The first-order valence-electron chi connectivity index (χ1n) is 6.34. The van der Waals surface area contributed by atoms with Gasteiger partial charge in [-0.2, -0.15) is 0 Å². The number of ether oxygens (including phenoxy) is 1. The Hall–Kier alpha value is -1.06. The number of benzene rings is 1. The lowest BCUT2D eigenvalue weighted by Crippen LogP contribution is -2.39. The van der Waals surface area contributed by atoms with Crippen LogP contribution in [0.15, 0.2) is 18.2 Å². The number of hydrogen-bond donors (Lipinski definition) is 1. The molecule has 0 heterocycles. The van der Waals surface area contributed by atoms with Gasteiger partial charge in [0, 0.05) is 11.6 Å². The highest BCUT2D eigenvalue weighted by molar-refractivity contribution is 5.40. The number of rotatable bonds is 5. The topological polar surface area (TPSA) is 38.5 Å². The molecule has 0 saturated carbocycles. The summed E-state index contributed by atoms with van der Waals surface area (Å²) < 4.78 is 5.50. The zero-order valence-corrected chi connectivity index (χ0v) is 12.4. The number of nitrogens with zero attached hydrogens (tertiary/aromatic N) is 1. The summed E-state index contributed by atoms with van der Waals surface area (Å²) in [6.07, 6.45) is 0. The molecule has 18 heavy (non-hydrogen) atoms. The summed E-state index contributed by atoms with van der Waals surface area (Å²) in [5.74, 6) is 0.931. The minimum atomic E-state index is -0.00935. The van der Waals surface area contributed by atoms with Gasteiger partial charge in [-0.15, -0.1) is 0 Å². The first-order valence-corrected chi connectivity index (χ1v) is 6.34. The van der Waals surface area contributed by atoms with Crippen LogP contribution in [0, 0.1) is 12.3 Å². The number of nitrogens with two attached hydrogens (primary N) is 1. The molecule has 0 aliphatic heterocycles. The van der Waals surface area contributed by atoms with Crippen LogP contribution in [0.25, 0.3) is 0 Å². The van der Waals surface area contributed by atoms with Gasteiger partial charge < -0.3 is 15.4 Å². The van der Waals surface area contributed by atoms with Crippen LogP contribution in [-0.4, -0.2) is 32.6 Å². The molecule has 1 unspecified atom stereocenters. The highest BCUT2D eigenvalue weighted by Gasteiger charge is 2.33. The summed E-state index contributed by atoms with van der Waals surface area (Å²) in [5.41, 5.74) is 8.38. The monoisotopic (exact) mass is 250 g/mol. The highest BCUT2D eigenvalue weighted by atomic mass is 16.5. The quantitative estimate of drug-likeness (QED) is 0.873. The van der Waals surface area contributed by atoms with Gasteiger partial charge in [-0.1, -0.05) is 31.5 Å². The van der Waals surface area contributed by atoms with Gasteiger partial charge in [0.15, 0.2) is 0 Å². The van der Waals surface area contributed by atoms with E-state index < -0.39 is 0 Å². The molecule has 1 rings (SSSR count). The Bertz CT molecular complexity index is 399. The zero-order chi connectivity index (χ0) is 13.9. The Morgan fingerprint density at radius 1 is 1.33 bits per heavy atom. The van der Waals surface area contributed by atoms with E-state index in [-0.39, 0.29) is 11.5 Å². The van der Waals surface area contributed by atoms with Crippen LogP contribution >= 0.6 is 0 Å². The Labute approximate surface area is 111 Å². The van der Waals surface area contributed by atoms with E-state index in [9.17, 15) is 0 Å². The van der Waals surface area contributed by atoms with Crippen LogP contribution in [0.2, 0.25) is 0 Å². The average molecular weight is 250 g/mol. The van der Waals surface area contributed by atoms with Crippen molar-refractivity contribution in [2.75, 3.05) is 27.7 Å². The van der Waals surface area contributed by atoms with Gasteiger partial charge in [-0.05, 0) is 39.0 Å². The van der Waals surface area contributed by atoms with Crippen molar-refractivity contribution in [3.63, 3.8) is 0 Å². The molecule has 0 spiro atoms. The fourth-order valence-electron chi connectivity index (χ4n) is 2.58. The normalized spacial score (nSPS) is 13.8. The van der Waals surface area contributed by atoms with E-state index in [2.05, 4.69) is 51.9 Å². The maximum atomic E-state index is 5.94. The minimum Gasteiger partial charge on any atom is -0.496 e. The maximum Gasteiger partial charge on any atom is 0.123 e. The lowest BCUT2D eigenvalue weighted by atomic mass is 9.79. The van der Waals surface area contributed by atoms with E-state index in [0.29, 0.717) is 6.54 Å². The van der Waals surface area contributed by atoms with Gasteiger partial charge >= 0.3 is 0 Å². The van der Waals surface area contributed by atoms with E-state index in [1.54, 1.807) is 7.11 Å². The molecule has 3 heteroatoms. The van der Waals surface area contributed by atoms with Gasteiger partial charge in [0.1, 0.15) is 5.75 Å². The lowest BCUT2D eigenvalue weighted by molar-refractivity contribution is 0.140. The summed E-state index contributed by atoms with van der Waals surface area (Å²) >= 11 is 0. The fraction of sp³-hybridized carbons (Fsp3) is 0.600. The van der Waals surface area contributed by atoms with E-state index in [1.807, 2.05) is 6.07 Å². The fourth-order valence-corrected chi connectivity index (χ4v) is 2.58. The predicted molar refractivity (Wildman–Crippen MR) is 77.0 cm³/mol. The smallest absolute Gasteiger partial charge is 0.123 e. The Morgan fingerprint density at radius 3 is 2.39 bits per heavy atom. The summed E-state index contributed by atoms with van der Waals surface area (Å²) in [5, 5.41) is 0. The minimum absolute atomic E-state index is 0.00935. The number of aryl methyl sites for hydroxylation is 1. The van der Waals surface area contributed by atoms with Crippen molar-refractivity contribution in [1.82, 2.24) is 4.90 Å². The van der Waals surface area contributed by atoms with Crippen molar-refractivity contribution in [3.05, 3.63) is 29.3 Å². The molecule has 0 aromatic heterocycles. The van der Waals surface area contributed by atoms with Crippen LogP contribution < -0.4 is 10.5 Å². The van der Waals surface area contributed by atoms with Crippen LogP contribution in [0.4, 0.5) is 0 Å². The SMILES string of the molecule is COc1ccc(C)cc1C(N(C)C)C(C)(C)CN. The van der Waals surface area contributed by atoms with Gasteiger partial charge in [0.2, 0.25) is 0 Å². The average Bonchev–Trinajstić information content (AvgIpc) is 2.28. The molecular formula is C15H26N2O. The molecule has 1 atom stereocenters. The molecule has 0 amide bonds. The summed E-state index contributed by atoms with van der Waals surface area (Å²) in [7, 11) is 5.89. The molecule has 2 N–H and O–H groups in total. The Kier molecular flexibility index (Phi) is 4.77. The largest absolute Gasteiger partial charge is 0.496 e. The molecule has 0 aliphatic rings. The van der Waals surface area contributed by atoms with Crippen molar-refractivity contribution < 1.29 is 4.74 Å². The summed E-state index contributed by atoms with van der Waals surface area (Å²) in [6.45, 7) is 7.12. The summed E-state index contributed by atoms with van der Waals surface area (Å²) in [6, 6.07) is 6.54. The third-order valence-corrected chi connectivity index (χ3v) is 3.46. The van der Waals surface area contributed by atoms with E-state index in [0.717, 1.165) is 5.75 Å². The van der Waals surface area contributed by atoms with Crippen molar-refractivity contribution in [2.24, 2.45) is 11.1 Å². The maximum absolute atomic E-state index is 5.94. The van der Waals surface area contributed by atoms with Gasteiger partial charge in [-0.3, -0.25) is 0 Å². The molecule has 0 fully saturated rings. The van der Waals surface area contributed by atoms with Crippen molar-refractivity contribution in [2.45, 2.75) is 26.8 Å². The third-order valence-electron chi connectivity index (χ3n) is 3.46. The second-order valence-corrected chi connectivity index (χ2v) is 5.80. The molecule has 3 nitrogen and oxygen atoms in total. The van der Waals surface area contributed by atoms with Gasteiger partial charge in [0.05, 0.1) is 7.11 Å². The van der Waals surface area contributed by atoms with Crippen molar-refractivity contribution >= 4 is 0 Å². The molecule has 1 aromatic carbocycles. The lowest BCUT2D eigenvalue weighted by Gasteiger charge is -2.39. The van der Waals surface area contributed by atoms with Crippen molar-refractivity contribution in [1.29, 1.82) is 0 Å². The Balaban J connectivity index is 3.34. The molecular weight excluding hydrogens is 224 g/mol. The van der Waals surface area contributed by atoms with Crippen LogP contribution in [0.1, 0.15) is 31.0 Å². The summed E-state index contributed by atoms with van der Waals surface area (Å²) in [4.78, 5) is 2.21. The molecule has 1 aromatic rings. The van der Waals surface area contributed by atoms with Gasteiger partial charge in [0.25, 0.3) is 0 Å². The van der Waals surface area contributed by atoms with Crippen molar-refractivity contribution in [3.8, 4) is 5.75 Å². The second kappa shape index (κ2) is 5.72. The second-order valence-electron chi connectivity index (χ2n) is 5.80. The first-order chi connectivity index (χ1) is 8.33. The van der Waals surface area contributed by atoms with E-state index in [4.69, 9.17) is 10.5 Å². The first kappa shape index (κ1) is 15.0.